The van der Waals surface area contributed by atoms with Gasteiger partial charge in [-0.25, -0.2) is 18.2 Å². The summed E-state index contributed by atoms with van der Waals surface area (Å²) in [4.78, 5) is 27.0. The number of hydrogen-bond donors (Lipinski definition) is 1. The van der Waals surface area contributed by atoms with Crippen molar-refractivity contribution in [2.75, 3.05) is 13.1 Å². The molecule has 0 saturated carbocycles. The van der Waals surface area contributed by atoms with Gasteiger partial charge in [0.05, 0.1) is 29.0 Å². The highest BCUT2D eigenvalue weighted by molar-refractivity contribution is 5.78. The van der Waals surface area contributed by atoms with Gasteiger partial charge in [-0.1, -0.05) is 18.2 Å². The van der Waals surface area contributed by atoms with Gasteiger partial charge in [-0.2, -0.15) is 0 Å². The standard InChI is InChI=1S/C25H28F3N5O2/c1-14(17-6-5-7-18(22(17)26)23(27)28)30-24-19-12-21(29-13-20(19)32(4)15(2)31-24)25(35)8-10-33(11-9-25)16(3)34/h5-7,12-14,23,35H,8-11H2,1-4H3/b30-24-. The van der Waals surface area contributed by atoms with E-state index in [-0.39, 0.29) is 11.5 Å². The van der Waals surface area contributed by atoms with E-state index in [9.17, 15) is 23.1 Å². The van der Waals surface area contributed by atoms with Gasteiger partial charge in [0.15, 0.2) is 5.49 Å². The maximum Gasteiger partial charge on any atom is 0.266 e. The van der Waals surface area contributed by atoms with E-state index in [0.717, 1.165) is 6.07 Å². The number of piperidine rings is 1. The second-order valence-corrected chi connectivity index (χ2v) is 9.02. The van der Waals surface area contributed by atoms with Gasteiger partial charge in [0, 0.05) is 38.0 Å². The molecule has 4 rings (SSSR count). The Morgan fingerprint density at radius 2 is 1.89 bits per heavy atom. The molecule has 1 fully saturated rings. The minimum absolute atomic E-state index is 0.0385. The lowest BCUT2D eigenvalue weighted by Crippen LogP contribution is -2.44. The summed E-state index contributed by atoms with van der Waals surface area (Å²) < 4.78 is 43.0. The first-order valence-electron chi connectivity index (χ1n) is 11.4. The van der Waals surface area contributed by atoms with Crippen molar-refractivity contribution in [3.8, 4) is 0 Å². The van der Waals surface area contributed by atoms with E-state index < -0.39 is 29.4 Å². The molecule has 2 aromatic heterocycles. The van der Waals surface area contributed by atoms with Crippen LogP contribution in [0.1, 0.15) is 61.8 Å². The van der Waals surface area contributed by atoms with Crippen LogP contribution in [0.25, 0.3) is 10.9 Å². The van der Waals surface area contributed by atoms with Crippen LogP contribution in [-0.2, 0) is 17.4 Å². The van der Waals surface area contributed by atoms with Crippen molar-refractivity contribution in [2.45, 2.75) is 51.7 Å². The third-order valence-electron chi connectivity index (χ3n) is 6.81. The zero-order valence-electron chi connectivity index (χ0n) is 20.1. The summed E-state index contributed by atoms with van der Waals surface area (Å²) in [5.41, 5.74) is -0.382. The third kappa shape index (κ3) is 4.67. The normalized spacial score (nSPS) is 17.3. The highest BCUT2D eigenvalue weighted by Gasteiger charge is 2.36. The maximum absolute atomic E-state index is 14.7. The minimum atomic E-state index is -2.93. The number of aromatic nitrogens is 3. The highest BCUT2D eigenvalue weighted by atomic mass is 19.3. The predicted octanol–water partition coefficient (Wildman–Crippen LogP) is 3.85. The monoisotopic (exact) mass is 487 g/mol. The van der Waals surface area contributed by atoms with E-state index in [2.05, 4.69) is 15.0 Å². The molecular weight excluding hydrogens is 459 g/mol. The van der Waals surface area contributed by atoms with Crippen molar-refractivity contribution >= 4 is 16.8 Å². The first kappa shape index (κ1) is 24.8. The molecule has 1 aromatic carbocycles. The van der Waals surface area contributed by atoms with Crippen LogP contribution >= 0.6 is 0 Å². The molecule has 1 aliphatic rings. The molecule has 0 spiro atoms. The van der Waals surface area contributed by atoms with Crippen molar-refractivity contribution in [1.82, 2.24) is 19.4 Å². The van der Waals surface area contributed by atoms with Crippen molar-refractivity contribution in [3.63, 3.8) is 0 Å². The van der Waals surface area contributed by atoms with E-state index in [4.69, 9.17) is 0 Å². The molecule has 35 heavy (non-hydrogen) atoms. The Morgan fingerprint density at radius 1 is 1.23 bits per heavy atom. The number of aliphatic hydroxyl groups is 1. The van der Waals surface area contributed by atoms with Gasteiger partial charge < -0.3 is 14.6 Å². The lowest BCUT2D eigenvalue weighted by molar-refractivity contribution is -0.133. The Balaban J connectivity index is 1.81. The van der Waals surface area contributed by atoms with Crippen LogP contribution in [-0.4, -0.2) is 43.5 Å². The summed E-state index contributed by atoms with van der Waals surface area (Å²) in [6, 6.07) is 4.83. The summed E-state index contributed by atoms with van der Waals surface area (Å²) in [5, 5.41) is 11.9. The van der Waals surface area contributed by atoms with Crippen LogP contribution < -0.4 is 5.49 Å². The quantitative estimate of drug-likeness (QED) is 0.606. The lowest BCUT2D eigenvalue weighted by atomic mass is 9.87. The molecule has 1 aliphatic heterocycles. The number of rotatable bonds is 4. The van der Waals surface area contributed by atoms with Crippen LogP contribution in [0, 0.1) is 12.7 Å². The van der Waals surface area contributed by atoms with E-state index in [1.54, 1.807) is 31.0 Å². The number of pyridine rings is 1. The molecule has 7 nitrogen and oxygen atoms in total. The van der Waals surface area contributed by atoms with Crippen molar-refractivity contribution < 1.29 is 23.1 Å². The van der Waals surface area contributed by atoms with E-state index >= 15 is 0 Å². The average molecular weight is 488 g/mol. The summed E-state index contributed by atoms with van der Waals surface area (Å²) in [6.07, 6.45) is -0.616. The Morgan fingerprint density at radius 3 is 2.51 bits per heavy atom. The van der Waals surface area contributed by atoms with Gasteiger partial charge in [-0.05, 0) is 32.8 Å². The number of fused-ring (bicyclic) bond motifs is 1. The largest absolute Gasteiger partial charge is 0.383 e. The molecule has 1 N–H and O–H groups in total. The average Bonchev–Trinajstić information content (AvgIpc) is 2.82. The fourth-order valence-corrected chi connectivity index (χ4v) is 4.47. The van der Waals surface area contributed by atoms with Crippen LogP contribution in [0.5, 0.6) is 0 Å². The molecule has 3 heterocycles. The summed E-state index contributed by atoms with van der Waals surface area (Å²) in [7, 11) is 1.82. The zero-order valence-corrected chi connectivity index (χ0v) is 20.1. The van der Waals surface area contributed by atoms with Gasteiger partial charge in [-0.15, -0.1) is 0 Å². The van der Waals surface area contributed by atoms with Crippen molar-refractivity contribution in [2.24, 2.45) is 12.0 Å². The summed E-state index contributed by atoms with van der Waals surface area (Å²) in [6.45, 7) is 5.75. The lowest BCUT2D eigenvalue weighted by Gasteiger charge is -2.37. The Labute approximate surface area is 201 Å². The first-order valence-corrected chi connectivity index (χ1v) is 11.4. The van der Waals surface area contributed by atoms with Gasteiger partial charge in [0.25, 0.3) is 6.43 Å². The topological polar surface area (TPSA) is 83.6 Å². The number of alkyl halides is 2. The summed E-state index contributed by atoms with van der Waals surface area (Å²) >= 11 is 0. The first-order chi connectivity index (χ1) is 16.5. The Hall–Kier alpha value is -3.27. The molecule has 0 radical (unpaired) electrons. The molecule has 1 saturated heterocycles. The Kier molecular flexibility index (Phi) is 6.68. The predicted molar refractivity (Wildman–Crippen MR) is 124 cm³/mol. The number of nitrogens with zero attached hydrogens (tertiary/aromatic N) is 5. The van der Waals surface area contributed by atoms with Gasteiger partial charge in [-0.3, -0.25) is 14.8 Å². The Bertz CT molecular complexity index is 1350. The fraction of sp³-hybridized carbons (Fsp3) is 0.440. The van der Waals surface area contributed by atoms with E-state index in [1.807, 2.05) is 11.6 Å². The minimum Gasteiger partial charge on any atom is -0.383 e. The number of halogens is 3. The van der Waals surface area contributed by atoms with Gasteiger partial charge in [0.1, 0.15) is 17.2 Å². The fourth-order valence-electron chi connectivity index (χ4n) is 4.47. The van der Waals surface area contributed by atoms with Crippen LogP contribution in [0.3, 0.4) is 0 Å². The number of carbonyl (C=O) groups is 1. The molecule has 3 aromatic rings. The molecule has 0 bridgehead atoms. The molecule has 186 valence electrons. The highest BCUT2D eigenvalue weighted by Crippen LogP contribution is 2.33. The number of likely N-dealkylation sites (tertiary alicyclic amines) is 1. The van der Waals surface area contributed by atoms with Crippen LogP contribution in [0.2, 0.25) is 0 Å². The second kappa shape index (κ2) is 9.41. The molecular formula is C25H28F3N5O2. The number of carbonyl (C=O) groups excluding carboxylic acids is 1. The molecule has 0 aliphatic carbocycles. The van der Waals surface area contributed by atoms with Gasteiger partial charge in [0.2, 0.25) is 5.91 Å². The number of aryl methyl sites for hydroxylation is 2. The van der Waals surface area contributed by atoms with E-state index in [0.29, 0.717) is 53.8 Å². The number of amides is 1. The van der Waals surface area contributed by atoms with Crippen molar-refractivity contribution in [1.29, 1.82) is 0 Å². The van der Waals surface area contributed by atoms with Crippen LogP contribution in [0.15, 0.2) is 35.5 Å². The maximum atomic E-state index is 14.7. The third-order valence-corrected chi connectivity index (χ3v) is 6.81. The molecule has 1 unspecified atom stereocenters. The zero-order chi connectivity index (χ0) is 25.5. The smallest absolute Gasteiger partial charge is 0.266 e. The van der Waals surface area contributed by atoms with Gasteiger partial charge >= 0.3 is 0 Å². The second-order valence-electron chi connectivity index (χ2n) is 9.02. The molecule has 10 heteroatoms. The van der Waals surface area contributed by atoms with Crippen molar-refractivity contribution in [3.05, 3.63) is 64.4 Å². The van der Waals surface area contributed by atoms with Crippen LogP contribution in [0.4, 0.5) is 13.2 Å². The van der Waals surface area contributed by atoms with E-state index in [1.165, 1.54) is 19.1 Å². The number of benzene rings is 1. The molecule has 1 amide bonds. The summed E-state index contributed by atoms with van der Waals surface area (Å²) in [5.74, 6) is -0.383. The SMILES string of the molecule is CC(=O)N1CCC(O)(c2cc3/c(=N/C(C)c4cccc(C(F)F)c4F)nc(C)n(C)c3cn2)CC1. The number of hydrogen-bond acceptors (Lipinski definition) is 5. The molecule has 1 atom stereocenters.